The summed E-state index contributed by atoms with van der Waals surface area (Å²) in [5.41, 5.74) is 13.6. The number of benzene rings is 2. The maximum atomic E-state index is 14.6. The van der Waals surface area contributed by atoms with E-state index in [0.717, 1.165) is 21.3 Å². The SMILES string of the molecule is NCC(=O)N[C@@H](CS)C(=O)N1C[C@H](O)C[C@H]1C(=O)N[C@H](Cc1c[nH]c2ccccc12)C(=O)N[C@@H](CCC(=O)O)C(=O)N1CCC[C@H]1C(=O)N[C@@H](Cc1c[nH]c2ccccc12)C(=O)N[C@@H](CS)C(N)=O. The summed E-state index contributed by atoms with van der Waals surface area (Å²) in [6.45, 7) is -0.659. The van der Waals surface area contributed by atoms with E-state index in [0.29, 0.717) is 22.9 Å². The topological polar surface area (TPSA) is 344 Å². The van der Waals surface area contributed by atoms with Gasteiger partial charge in [0.2, 0.25) is 47.3 Å². The number of aliphatic hydroxyl groups excluding tert-OH is 1. The number of nitrogens with zero attached hydrogens (tertiary/aromatic N) is 2. The Bertz CT molecular complexity index is 2570. The van der Waals surface area contributed by atoms with Crippen LogP contribution in [0.5, 0.6) is 0 Å². The third-order valence-corrected chi connectivity index (χ3v) is 13.0. The monoisotopic (exact) mass is 991 g/mol. The van der Waals surface area contributed by atoms with Crippen molar-refractivity contribution in [1.29, 1.82) is 0 Å². The van der Waals surface area contributed by atoms with Crippen molar-refractivity contribution in [3.8, 4) is 0 Å². The quantitative estimate of drug-likeness (QED) is 0.0380. The molecular formula is C45H57N11O11S2. The number of carbonyl (C=O) groups excluding carboxylic acids is 8. The van der Waals surface area contributed by atoms with Gasteiger partial charge in [-0.1, -0.05) is 36.4 Å². The first-order valence-electron chi connectivity index (χ1n) is 22.4. The molecule has 0 radical (unpaired) electrons. The number of para-hydroxylation sites is 2. The smallest absolute Gasteiger partial charge is 0.303 e. The van der Waals surface area contributed by atoms with E-state index in [4.69, 9.17) is 11.5 Å². The minimum Gasteiger partial charge on any atom is -0.481 e. The molecule has 6 rings (SSSR count). The van der Waals surface area contributed by atoms with Gasteiger partial charge in [-0.3, -0.25) is 43.2 Å². The third kappa shape index (κ3) is 12.7. The molecule has 2 aliphatic heterocycles. The molecule has 22 nitrogen and oxygen atoms in total. The van der Waals surface area contributed by atoms with Crippen LogP contribution in [0.4, 0.5) is 0 Å². The predicted octanol–water partition coefficient (Wildman–Crippen LogP) is -2.02. The van der Waals surface area contributed by atoms with Crippen LogP contribution in [0.15, 0.2) is 60.9 Å². The highest BCUT2D eigenvalue weighted by molar-refractivity contribution is 7.80. The summed E-state index contributed by atoms with van der Waals surface area (Å²) in [5, 5.41) is 34.9. The number of rotatable bonds is 22. The minimum atomic E-state index is -1.53. The Labute approximate surface area is 406 Å². The number of fused-ring (bicyclic) bond motifs is 2. The number of aromatic amines is 2. The molecule has 0 spiro atoms. The molecule has 0 aliphatic carbocycles. The van der Waals surface area contributed by atoms with Crippen LogP contribution in [0.25, 0.3) is 21.8 Å². The molecule has 0 unspecified atom stereocenters. The fourth-order valence-electron chi connectivity index (χ4n) is 8.72. The number of likely N-dealkylation sites (tertiary alicyclic amines) is 2. The van der Waals surface area contributed by atoms with Crippen LogP contribution in [0.3, 0.4) is 0 Å². The van der Waals surface area contributed by atoms with E-state index in [1.165, 1.54) is 4.90 Å². The van der Waals surface area contributed by atoms with Gasteiger partial charge >= 0.3 is 5.97 Å². The number of nitrogens with two attached hydrogens (primary N) is 2. The number of aliphatic carboxylic acids is 1. The highest BCUT2D eigenvalue weighted by Gasteiger charge is 2.44. The number of thiol groups is 2. The maximum Gasteiger partial charge on any atom is 0.303 e. The van der Waals surface area contributed by atoms with E-state index in [-0.39, 0.29) is 50.3 Å². The summed E-state index contributed by atoms with van der Waals surface area (Å²) >= 11 is 8.30. The van der Waals surface area contributed by atoms with E-state index < -0.39 is 121 Å². The average Bonchev–Trinajstić information content (AvgIpc) is 4.16. The minimum absolute atomic E-state index is 0.0292. The van der Waals surface area contributed by atoms with Gasteiger partial charge in [0.15, 0.2) is 0 Å². The predicted molar refractivity (Wildman–Crippen MR) is 257 cm³/mol. The molecule has 0 saturated carbocycles. The van der Waals surface area contributed by atoms with Gasteiger partial charge in [-0.2, -0.15) is 25.3 Å². The first-order chi connectivity index (χ1) is 33.0. The molecule has 2 aromatic heterocycles. The lowest BCUT2D eigenvalue weighted by Crippen LogP contribution is -2.60. The molecule has 24 heteroatoms. The number of primary amides is 1. The number of β-amino-alcohol motifs (C(OH)–C–C–N with tert-alkyl or cyclic N) is 1. The molecule has 0 bridgehead atoms. The zero-order valence-corrected chi connectivity index (χ0v) is 39.2. The van der Waals surface area contributed by atoms with E-state index >= 15 is 0 Å². The maximum absolute atomic E-state index is 14.6. The average molecular weight is 992 g/mol. The number of carboxylic acids is 1. The molecule has 2 aliphatic rings. The Morgan fingerprint density at radius 2 is 1.22 bits per heavy atom. The Kier molecular flexibility index (Phi) is 17.7. The lowest BCUT2D eigenvalue weighted by Gasteiger charge is -2.31. The molecule has 8 amide bonds. The number of nitrogens with one attached hydrogen (secondary N) is 7. The lowest BCUT2D eigenvalue weighted by atomic mass is 10.0. The van der Waals surface area contributed by atoms with E-state index in [1.807, 2.05) is 24.3 Å². The Morgan fingerprint density at radius 3 is 1.74 bits per heavy atom. The van der Waals surface area contributed by atoms with Gasteiger partial charge < -0.3 is 68.0 Å². The number of hydrogen-bond acceptors (Lipinski definition) is 13. The van der Waals surface area contributed by atoms with Crippen LogP contribution in [-0.4, -0.2) is 163 Å². The summed E-state index contributed by atoms with van der Waals surface area (Å²) in [6.07, 6.45) is 1.26. The summed E-state index contributed by atoms with van der Waals surface area (Å²) in [4.78, 5) is 130. The molecule has 2 fully saturated rings. The van der Waals surface area contributed by atoms with Crippen LogP contribution in [0, 0.1) is 0 Å². The second-order valence-corrected chi connectivity index (χ2v) is 17.7. The van der Waals surface area contributed by atoms with Gasteiger partial charge in [0.25, 0.3) is 0 Å². The molecular weight excluding hydrogens is 935 g/mol. The normalized spacial score (nSPS) is 19.0. The number of H-pyrrole nitrogens is 2. The second-order valence-electron chi connectivity index (χ2n) is 17.0. The van der Waals surface area contributed by atoms with Crippen molar-refractivity contribution in [1.82, 2.24) is 46.4 Å². The number of hydrogen-bond donors (Lipinski definition) is 13. The number of carboxylic acid groups (broad SMARTS) is 1. The number of aliphatic hydroxyl groups is 1. The lowest BCUT2D eigenvalue weighted by molar-refractivity contribution is -0.144. The van der Waals surface area contributed by atoms with Gasteiger partial charge in [0.1, 0.15) is 42.3 Å². The molecule has 4 heterocycles. The first-order valence-corrected chi connectivity index (χ1v) is 23.6. The van der Waals surface area contributed by atoms with Gasteiger partial charge in [0, 0.05) is 84.5 Å². The van der Waals surface area contributed by atoms with Crippen LogP contribution < -0.4 is 38.1 Å². The van der Waals surface area contributed by atoms with E-state index in [2.05, 4.69) is 61.8 Å². The van der Waals surface area contributed by atoms with E-state index in [9.17, 15) is 53.4 Å². The van der Waals surface area contributed by atoms with Crippen molar-refractivity contribution >= 4 is 100 Å². The standard InChI is InChI=1S/C45H57N11O11S2/c46-17-37(58)50-34(22-69)45(67)56-20-25(57)16-36(56)43(65)53-31(14-23-18-48-28-8-3-1-6-26(23)28)40(62)51-30(11-12-38(59)60)44(66)55-13-5-10-35(55)42(64)52-32(41(63)54-33(21-68)39(47)61)15-24-19-49-29-9-4-2-7-27(24)29/h1-4,6-9,18-19,25,30-36,48-49,57,68-69H,5,10-17,20-22,46H2,(H2,47,61)(H,50,58)(H,51,62)(H,52,64)(H,53,65)(H,54,63)(H,59,60)/t25-,30+,31-,32+,33+,34+,35+,36+/m1/s1. The number of aromatic nitrogens is 2. The highest BCUT2D eigenvalue weighted by atomic mass is 32.1. The van der Waals surface area contributed by atoms with Gasteiger partial charge in [-0.05, 0) is 42.5 Å². The molecule has 13 N–H and O–H groups in total. The fourth-order valence-corrected chi connectivity index (χ4v) is 9.24. The largest absolute Gasteiger partial charge is 0.481 e. The first kappa shape index (κ1) is 51.8. The molecule has 8 atom stereocenters. The van der Waals surface area contributed by atoms with Crippen molar-refractivity contribution in [2.75, 3.05) is 31.1 Å². The Morgan fingerprint density at radius 1 is 0.696 bits per heavy atom. The van der Waals surface area contributed by atoms with Crippen molar-refractivity contribution < 1.29 is 53.4 Å². The second kappa shape index (κ2) is 23.6. The molecule has 2 saturated heterocycles. The highest BCUT2D eigenvalue weighted by Crippen LogP contribution is 2.25. The van der Waals surface area contributed by atoms with Gasteiger partial charge in [0.05, 0.1) is 12.6 Å². The zero-order valence-electron chi connectivity index (χ0n) is 37.4. The van der Waals surface area contributed by atoms with Crippen LogP contribution in [-0.2, 0) is 56.0 Å². The molecule has 4 aromatic rings. The molecule has 69 heavy (non-hydrogen) atoms. The zero-order chi connectivity index (χ0) is 49.9. The Hall–Kier alpha value is -6.63. The van der Waals surface area contributed by atoms with Crippen molar-refractivity contribution in [2.45, 2.75) is 93.3 Å². The summed E-state index contributed by atoms with van der Waals surface area (Å²) < 4.78 is 0. The van der Waals surface area contributed by atoms with E-state index in [1.54, 1.807) is 36.7 Å². The van der Waals surface area contributed by atoms with Gasteiger partial charge in [-0.15, -0.1) is 0 Å². The van der Waals surface area contributed by atoms with Crippen molar-refractivity contribution in [2.24, 2.45) is 11.5 Å². The summed E-state index contributed by atoms with van der Waals surface area (Å²) in [5.74, 6) is -7.77. The van der Waals surface area contributed by atoms with Crippen LogP contribution in [0.2, 0.25) is 0 Å². The third-order valence-electron chi connectivity index (χ3n) is 12.3. The summed E-state index contributed by atoms with van der Waals surface area (Å²) in [6, 6.07) is 5.38. The number of carbonyl (C=O) groups is 9. The summed E-state index contributed by atoms with van der Waals surface area (Å²) in [7, 11) is 0. The molecule has 2 aromatic carbocycles. The molecule has 370 valence electrons. The van der Waals surface area contributed by atoms with Crippen molar-refractivity contribution in [3.63, 3.8) is 0 Å². The van der Waals surface area contributed by atoms with Crippen LogP contribution in [0.1, 0.15) is 43.2 Å². The number of amides is 8. The fraction of sp³-hybridized carbons (Fsp3) is 0.444. The Balaban J connectivity index is 1.25. The van der Waals surface area contributed by atoms with Crippen molar-refractivity contribution in [3.05, 3.63) is 72.1 Å². The van der Waals surface area contributed by atoms with Gasteiger partial charge in [-0.25, -0.2) is 0 Å². The van der Waals surface area contributed by atoms with Crippen LogP contribution >= 0.6 is 25.3 Å².